The van der Waals surface area contributed by atoms with Gasteiger partial charge in [-0.15, -0.1) is 0 Å². The number of nitrogens with one attached hydrogen (secondary N) is 1. The van der Waals surface area contributed by atoms with Crippen LogP contribution in [0.2, 0.25) is 0 Å². The highest BCUT2D eigenvalue weighted by atomic mass is 79.9. The second kappa shape index (κ2) is 6.41. The van der Waals surface area contributed by atoms with E-state index in [1.807, 2.05) is 43.7 Å². The Morgan fingerprint density at radius 2 is 1.72 bits per heavy atom. The second-order valence-electron chi connectivity index (χ2n) is 3.91. The van der Waals surface area contributed by atoms with Crippen LogP contribution in [0.5, 0.6) is 0 Å². The predicted molar refractivity (Wildman–Crippen MR) is 79.4 cm³/mol. The molecule has 2 rings (SSSR count). The summed E-state index contributed by atoms with van der Waals surface area (Å²) in [6, 6.07) is 8.22. The molecule has 0 fully saturated rings. The fraction of sp³-hybridized carbons (Fsp3) is 0.231. The van der Waals surface area contributed by atoms with Crippen molar-refractivity contribution in [1.82, 2.24) is 15.3 Å². The van der Waals surface area contributed by atoms with Gasteiger partial charge in [-0.25, -0.2) is 0 Å². The number of hydrogen-bond acceptors (Lipinski definition) is 3. The average Bonchev–Trinajstić information content (AvgIpc) is 2.39. The summed E-state index contributed by atoms with van der Waals surface area (Å²) >= 11 is 6.78. The van der Waals surface area contributed by atoms with E-state index < -0.39 is 0 Å². The van der Waals surface area contributed by atoms with Crippen LogP contribution in [0.15, 0.2) is 45.6 Å². The zero-order valence-corrected chi connectivity index (χ0v) is 13.1. The molecular weight excluding hydrogens is 358 g/mol. The van der Waals surface area contributed by atoms with Gasteiger partial charge in [0, 0.05) is 33.5 Å². The Balaban J connectivity index is 2.14. The fourth-order valence-corrected chi connectivity index (χ4v) is 2.15. The van der Waals surface area contributed by atoms with Gasteiger partial charge in [-0.1, -0.05) is 0 Å². The average molecular weight is 371 g/mol. The lowest BCUT2D eigenvalue weighted by Gasteiger charge is -2.15. The van der Waals surface area contributed by atoms with E-state index in [1.54, 1.807) is 0 Å². The fourth-order valence-electron chi connectivity index (χ4n) is 1.68. The molecule has 0 bridgehead atoms. The first kappa shape index (κ1) is 13.6. The van der Waals surface area contributed by atoms with E-state index in [0.717, 1.165) is 26.8 Å². The van der Waals surface area contributed by atoms with Crippen molar-refractivity contribution in [1.29, 1.82) is 0 Å². The van der Waals surface area contributed by atoms with Crippen LogP contribution >= 0.6 is 31.9 Å². The molecule has 0 radical (unpaired) electrons. The summed E-state index contributed by atoms with van der Waals surface area (Å²) in [5.74, 6) is 0. The molecule has 0 saturated carbocycles. The molecule has 0 spiro atoms. The quantitative estimate of drug-likeness (QED) is 0.894. The maximum atomic E-state index is 4.42. The molecule has 0 aliphatic rings. The Kier molecular flexibility index (Phi) is 4.86. The van der Waals surface area contributed by atoms with Crippen molar-refractivity contribution >= 4 is 31.9 Å². The molecule has 2 heterocycles. The molecular formula is C13H13Br2N3. The highest BCUT2D eigenvalue weighted by molar-refractivity contribution is 9.10. The molecule has 1 N–H and O–H groups in total. The molecule has 1 atom stereocenters. The molecule has 0 aromatic carbocycles. The summed E-state index contributed by atoms with van der Waals surface area (Å²) in [5.41, 5.74) is 2.06. The molecule has 5 heteroatoms. The third-order valence-electron chi connectivity index (χ3n) is 2.66. The number of aromatic nitrogens is 2. The Hall–Kier alpha value is -0.780. The summed E-state index contributed by atoms with van der Waals surface area (Å²) in [6.07, 6.45) is 4.45. The Morgan fingerprint density at radius 3 is 2.22 bits per heavy atom. The topological polar surface area (TPSA) is 37.8 Å². The first-order chi connectivity index (χ1) is 8.69. The molecule has 0 aliphatic heterocycles. The normalized spacial score (nSPS) is 12.4. The second-order valence-corrected chi connectivity index (χ2v) is 5.75. The number of rotatable bonds is 4. The molecule has 0 aliphatic carbocycles. The number of pyridine rings is 2. The molecule has 0 saturated heterocycles. The van der Waals surface area contributed by atoms with Crippen LogP contribution in [0.25, 0.3) is 0 Å². The number of nitrogens with zero attached hydrogens (tertiary/aromatic N) is 2. The lowest BCUT2D eigenvalue weighted by molar-refractivity contribution is 0.568. The zero-order chi connectivity index (χ0) is 13.0. The van der Waals surface area contributed by atoms with E-state index in [2.05, 4.69) is 47.1 Å². The minimum absolute atomic E-state index is 0.173. The van der Waals surface area contributed by atoms with Gasteiger partial charge in [0.15, 0.2) is 0 Å². The van der Waals surface area contributed by atoms with Gasteiger partial charge < -0.3 is 5.32 Å². The Morgan fingerprint density at radius 1 is 1.06 bits per heavy atom. The van der Waals surface area contributed by atoms with Crippen LogP contribution in [-0.2, 0) is 6.42 Å². The molecule has 94 valence electrons. The van der Waals surface area contributed by atoms with Crippen molar-refractivity contribution in [3.05, 3.63) is 57.0 Å². The Labute approximate surface area is 123 Å². The van der Waals surface area contributed by atoms with Gasteiger partial charge in [0.1, 0.15) is 0 Å². The maximum absolute atomic E-state index is 4.42. The van der Waals surface area contributed by atoms with Gasteiger partial charge in [-0.3, -0.25) is 9.97 Å². The van der Waals surface area contributed by atoms with E-state index in [4.69, 9.17) is 0 Å². The van der Waals surface area contributed by atoms with Crippen LogP contribution < -0.4 is 5.32 Å². The smallest absolute Gasteiger partial charge is 0.0577 e. The molecule has 2 aromatic heterocycles. The van der Waals surface area contributed by atoms with Gasteiger partial charge in [0.25, 0.3) is 0 Å². The number of hydrogen-bond donors (Lipinski definition) is 1. The van der Waals surface area contributed by atoms with Crippen molar-refractivity contribution < 1.29 is 0 Å². The van der Waals surface area contributed by atoms with Gasteiger partial charge in [-0.05, 0) is 63.2 Å². The molecule has 1 unspecified atom stereocenters. The predicted octanol–water partition coefficient (Wildman–Crippen LogP) is 3.50. The van der Waals surface area contributed by atoms with E-state index in [-0.39, 0.29) is 6.04 Å². The minimum atomic E-state index is 0.173. The third kappa shape index (κ3) is 3.60. The van der Waals surface area contributed by atoms with Crippen molar-refractivity contribution in [2.75, 3.05) is 7.05 Å². The van der Waals surface area contributed by atoms with Crippen LogP contribution in [-0.4, -0.2) is 17.0 Å². The van der Waals surface area contributed by atoms with E-state index in [9.17, 15) is 0 Å². The van der Waals surface area contributed by atoms with Crippen LogP contribution in [0.1, 0.15) is 17.4 Å². The maximum Gasteiger partial charge on any atom is 0.0577 e. The lowest BCUT2D eigenvalue weighted by Crippen LogP contribution is -2.20. The van der Waals surface area contributed by atoms with Crippen molar-refractivity contribution in [2.45, 2.75) is 12.5 Å². The molecule has 0 amide bonds. The Bertz CT molecular complexity index is 497. The van der Waals surface area contributed by atoms with Crippen LogP contribution in [0, 0.1) is 0 Å². The van der Waals surface area contributed by atoms with Gasteiger partial charge in [0.05, 0.1) is 11.7 Å². The summed E-state index contributed by atoms with van der Waals surface area (Å²) in [5, 5.41) is 3.27. The summed E-state index contributed by atoms with van der Waals surface area (Å²) < 4.78 is 1.98. The van der Waals surface area contributed by atoms with Crippen LogP contribution in [0.3, 0.4) is 0 Å². The van der Waals surface area contributed by atoms with Gasteiger partial charge in [-0.2, -0.15) is 0 Å². The zero-order valence-electron chi connectivity index (χ0n) is 9.90. The van der Waals surface area contributed by atoms with Gasteiger partial charge in [0.2, 0.25) is 0 Å². The summed E-state index contributed by atoms with van der Waals surface area (Å²) in [6.45, 7) is 0. The molecule has 18 heavy (non-hydrogen) atoms. The first-order valence-electron chi connectivity index (χ1n) is 5.58. The first-order valence-corrected chi connectivity index (χ1v) is 7.17. The van der Waals surface area contributed by atoms with E-state index >= 15 is 0 Å². The SMILES string of the molecule is CNC(Cc1ccc(Br)cn1)c1ccc(Br)cn1. The van der Waals surface area contributed by atoms with E-state index in [1.165, 1.54) is 0 Å². The largest absolute Gasteiger partial charge is 0.311 e. The number of likely N-dealkylation sites (N-methyl/N-ethyl adjacent to an activating group) is 1. The van der Waals surface area contributed by atoms with Crippen molar-refractivity contribution in [2.24, 2.45) is 0 Å². The standard InChI is InChI=1S/C13H13Br2N3/c1-16-13(12-5-3-10(15)8-18-12)6-11-4-2-9(14)7-17-11/h2-5,7-8,13,16H,6H2,1H3. The monoisotopic (exact) mass is 369 g/mol. The molecule has 2 aromatic rings. The lowest BCUT2D eigenvalue weighted by atomic mass is 10.1. The summed E-state index contributed by atoms with van der Waals surface area (Å²) in [7, 11) is 1.94. The van der Waals surface area contributed by atoms with Crippen molar-refractivity contribution in [3.8, 4) is 0 Å². The molecule has 3 nitrogen and oxygen atoms in total. The van der Waals surface area contributed by atoms with Gasteiger partial charge >= 0.3 is 0 Å². The van der Waals surface area contributed by atoms with Crippen molar-refractivity contribution in [3.63, 3.8) is 0 Å². The van der Waals surface area contributed by atoms with Crippen LogP contribution in [0.4, 0.5) is 0 Å². The highest BCUT2D eigenvalue weighted by Gasteiger charge is 2.12. The summed E-state index contributed by atoms with van der Waals surface area (Å²) in [4.78, 5) is 8.80. The highest BCUT2D eigenvalue weighted by Crippen LogP contribution is 2.18. The van der Waals surface area contributed by atoms with E-state index in [0.29, 0.717) is 0 Å². The number of halogens is 2. The minimum Gasteiger partial charge on any atom is -0.311 e. The third-order valence-corrected chi connectivity index (χ3v) is 3.60.